The highest BCUT2D eigenvalue weighted by Crippen LogP contribution is 2.52. The van der Waals surface area contributed by atoms with Crippen molar-refractivity contribution in [2.45, 2.75) is 25.4 Å². The summed E-state index contributed by atoms with van der Waals surface area (Å²) in [5.74, 6) is 0.542. The van der Waals surface area contributed by atoms with Gasteiger partial charge in [0.2, 0.25) is 6.41 Å². The Bertz CT molecular complexity index is 495. The van der Waals surface area contributed by atoms with Crippen LogP contribution < -0.4 is 0 Å². The molecule has 20 heavy (non-hydrogen) atoms. The number of hydrogen-bond donors (Lipinski definition) is 0. The number of carbonyl (C=O) groups is 1. The van der Waals surface area contributed by atoms with Crippen LogP contribution in [-0.4, -0.2) is 24.4 Å². The van der Waals surface area contributed by atoms with E-state index in [1.54, 1.807) is 17.0 Å². The van der Waals surface area contributed by atoms with Gasteiger partial charge in [-0.15, -0.1) is 0 Å². The molecule has 108 valence electrons. The van der Waals surface area contributed by atoms with Gasteiger partial charge in [0, 0.05) is 18.5 Å². The zero-order valence-corrected chi connectivity index (χ0v) is 11.0. The van der Waals surface area contributed by atoms with E-state index in [9.17, 15) is 18.0 Å². The summed E-state index contributed by atoms with van der Waals surface area (Å²) in [6, 6.07) is 5.46. The number of rotatable bonds is 3. The number of carbonyl (C=O) groups excluding carboxylic acids is 1. The number of nitrogens with zero attached hydrogens (tertiary/aromatic N) is 1. The van der Waals surface area contributed by atoms with Crippen molar-refractivity contribution in [3.05, 3.63) is 35.4 Å². The molecular formula is C15H16F3NO. The first kappa shape index (κ1) is 13.5. The monoisotopic (exact) mass is 283 g/mol. The standard InChI is InChI=1S/C15H16F3NO/c16-15(17,18)13-3-1-11(2-4-13)5-12-6-14(7-12)8-19(9-14)10-20/h1-4,10,12H,5-9H2. The Morgan fingerprint density at radius 1 is 1.20 bits per heavy atom. The molecule has 1 amide bonds. The Labute approximate surface area is 115 Å². The van der Waals surface area contributed by atoms with E-state index in [1.165, 1.54) is 0 Å². The lowest BCUT2D eigenvalue weighted by atomic mass is 9.56. The predicted octanol–water partition coefficient (Wildman–Crippen LogP) is 3.12. The van der Waals surface area contributed by atoms with Gasteiger partial charge in [0.1, 0.15) is 0 Å². The minimum Gasteiger partial charge on any atom is -0.344 e. The second kappa shape index (κ2) is 4.50. The van der Waals surface area contributed by atoms with Gasteiger partial charge < -0.3 is 4.90 Å². The molecule has 1 spiro atoms. The zero-order chi connectivity index (χ0) is 14.4. The van der Waals surface area contributed by atoms with Crippen molar-refractivity contribution >= 4 is 6.41 Å². The lowest BCUT2D eigenvalue weighted by Gasteiger charge is -2.58. The topological polar surface area (TPSA) is 20.3 Å². The molecule has 2 fully saturated rings. The molecule has 0 unspecified atom stereocenters. The van der Waals surface area contributed by atoms with E-state index in [4.69, 9.17) is 0 Å². The second-order valence-corrected chi connectivity index (χ2v) is 6.18. The maximum atomic E-state index is 12.5. The molecule has 1 aromatic rings. The average molecular weight is 283 g/mol. The van der Waals surface area contributed by atoms with Gasteiger partial charge in [-0.2, -0.15) is 13.2 Å². The summed E-state index contributed by atoms with van der Waals surface area (Å²) >= 11 is 0. The zero-order valence-electron chi connectivity index (χ0n) is 11.0. The van der Waals surface area contributed by atoms with Crippen LogP contribution in [0.5, 0.6) is 0 Å². The molecule has 1 saturated carbocycles. The second-order valence-electron chi connectivity index (χ2n) is 6.18. The van der Waals surface area contributed by atoms with Gasteiger partial charge in [0.25, 0.3) is 0 Å². The quantitative estimate of drug-likeness (QED) is 0.781. The van der Waals surface area contributed by atoms with Crippen molar-refractivity contribution in [2.75, 3.05) is 13.1 Å². The summed E-state index contributed by atoms with van der Waals surface area (Å²) in [6.45, 7) is 1.69. The Hall–Kier alpha value is -1.52. The predicted molar refractivity (Wildman–Crippen MR) is 67.9 cm³/mol. The van der Waals surface area contributed by atoms with Crippen LogP contribution in [0, 0.1) is 11.3 Å². The highest BCUT2D eigenvalue weighted by atomic mass is 19.4. The van der Waals surface area contributed by atoms with Crippen LogP contribution >= 0.6 is 0 Å². The fraction of sp³-hybridized carbons (Fsp3) is 0.533. The maximum absolute atomic E-state index is 12.5. The summed E-state index contributed by atoms with van der Waals surface area (Å²) < 4.78 is 37.4. The molecular weight excluding hydrogens is 267 g/mol. The van der Waals surface area contributed by atoms with Gasteiger partial charge in [-0.25, -0.2) is 0 Å². The molecule has 3 rings (SSSR count). The van der Waals surface area contributed by atoms with E-state index in [1.807, 2.05) is 0 Å². The molecule has 0 bridgehead atoms. The van der Waals surface area contributed by atoms with E-state index < -0.39 is 11.7 Å². The summed E-state index contributed by atoms with van der Waals surface area (Å²) in [7, 11) is 0. The first-order chi connectivity index (χ1) is 9.40. The van der Waals surface area contributed by atoms with Crippen molar-refractivity contribution in [1.82, 2.24) is 4.90 Å². The Morgan fingerprint density at radius 3 is 2.30 bits per heavy atom. The molecule has 0 N–H and O–H groups in total. The highest BCUT2D eigenvalue weighted by Gasteiger charge is 2.51. The van der Waals surface area contributed by atoms with Crippen molar-refractivity contribution in [3.8, 4) is 0 Å². The van der Waals surface area contributed by atoms with Crippen molar-refractivity contribution in [2.24, 2.45) is 11.3 Å². The number of hydrogen-bond acceptors (Lipinski definition) is 1. The molecule has 1 saturated heterocycles. The fourth-order valence-electron chi connectivity index (χ4n) is 3.62. The summed E-state index contributed by atoms with van der Waals surface area (Å²) in [5.41, 5.74) is 0.689. The molecule has 2 nitrogen and oxygen atoms in total. The normalized spacial score (nSPS) is 21.4. The molecule has 5 heteroatoms. The first-order valence-electron chi connectivity index (χ1n) is 6.76. The Morgan fingerprint density at radius 2 is 1.80 bits per heavy atom. The third-order valence-corrected chi connectivity index (χ3v) is 4.48. The molecule has 0 aromatic heterocycles. The highest BCUT2D eigenvalue weighted by molar-refractivity contribution is 5.49. The number of amides is 1. The third kappa shape index (κ3) is 2.41. The Balaban J connectivity index is 1.52. The summed E-state index contributed by atoms with van der Waals surface area (Å²) in [4.78, 5) is 12.3. The van der Waals surface area contributed by atoms with Gasteiger partial charge in [-0.3, -0.25) is 4.79 Å². The molecule has 1 aromatic carbocycles. The fourth-order valence-corrected chi connectivity index (χ4v) is 3.62. The lowest BCUT2D eigenvalue weighted by Crippen LogP contribution is -2.61. The van der Waals surface area contributed by atoms with Gasteiger partial charge in [0.15, 0.2) is 0 Å². The van der Waals surface area contributed by atoms with Gasteiger partial charge in [0.05, 0.1) is 5.56 Å². The van der Waals surface area contributed by atoms with Crippen molar-refractivity contribution < 1.29 is 18.0 Å². The van der Waals surface area contributed by atoms with Crippen LogP contribution in [0.25, 0.3) is 0 Å². The maximum Gasteiger partial charge on any atom is 0.416 e. The minimum absolute atomic E-state index is 0.317. The van der Waals surface area contributed by atoms with Crippen LogP contribution in [0.15, 0.2) is 24.3 Å². The van der Waals surface area contributed by atoms with Gasteiger partial charge in [-0.1, -0.05) is 12.1 Å². The first-order valence-corrected chi connectivity index (χ1v) is 6.76. The summed E-state index contributed by atoms with van der Waals surface area (Å²) in [5, 5.41) is 0. The molecule has 0 radical (unpaired) electrons. The van der Waals surface area contributed by atoms with E-state index in [0.717, 1.165) is 56.5 Å². The molecule has 1 aliphatic heterocycles. The molecule has 1 aliphatic carbocycles. The van der Waals surface area contributed by atoms with Gasteiger partial charge in [-0.05, 0) is 42.9 Å². The van der Waals surface area contributed by atoms with Crippen LogP contribution in [0.3, 0.4) is 0 Å². The van der Waals surface area contributed by atoms with Crippen molar-refractivity contribution in [3.63, 3.8) is 0 Å². The number of alkyl halides is 3. The largest absolute Gasteiger partial charge is 0.416 e. The molecule has 1 heterocycles. The van der Waals surface area contributed by atoms with Crippen LogP contribution in [0.4, 0.5) is 13.2 Å². The van der Waals surface area contributed by atoms with E-state index in [0.29, 0.717) is 11.3 Å². The number of benzene rings is 1. The smallest absolute Gasteiger partial charge is 0.344 e. The molecule has 2 aliphatic rings. The van der Waals surface area contributed by atoms with E-state index in [-0.39, 0.29) is 0 Å². The van der Waals surface area contributed by atoms with Crippen LogP contribution in [0.2, 0.25) is 0 Å². The lowest BCUT2D eigenvalue weighted by molar-refractivity contribution is -0.141. The summed E-state index contributed by atoms with van der Waals surface area (Å²) in [6.07, 6.45) is -0.380. The van der Waals surface area contributed by atoms with Crippen molar-refractivity contribution in [1.29, 1.82) is 0 Å². The van der Waals surface area contributed by atoms with E-state index >= 15 is 0 Å². The van der Waals surface area contributed by atoms with E-state index in [2.05, 4.69) is 0 Å². The number of halogens is 3. The SMILES string of the molecule is O=CN1CC2(CC(Cc3ccc(C(F)(F)F)cc3)C2)C1. The van der Waals surface area contributed by atoms with Gasteiger partial charge >= 0.3 is 6.18 Å². The minimum atomic E-state index is -4.26. The number of likely N-dealkylation sites (tertiary alicyclic amines) is 1. The van der Waals surface area contributed by atoms with Crippen LogP contribution in [-0.2, 0) is 17.4 Å². The van der Waals surface area contributed by atoms with Crippen LogP contribution in [0.1, 0.15) is 24.0 Å². The Kier molecular flexibility index (Phi) is 3.03. The molecule has 0 atom stereocenters. The average Bonchev–Trinajstić information content (AvgIpc) is 2.30. The third-order valence-electron chi connectivity index (χ3n) is 4.48.